The van der Waals surface area contributed by atoms with Gasteiger partial charge in [-0.3, -0.25) is 4.79 Å². The van der Waals surface area contributed by atoms with Crippen molar-refractivity contribution in [1.82, 2.24) is 0 Å². The lowest BCUT2D eigenvalue weighted by molar-refractivity contribution is 0.101. The second-order valence-electron chi connectivity index (χ2n) is 3.09. The van der Waals surface area contributed by atoms with Crippen molar-refractivity contribution in [2.75, 3.05) is 6.61 Å². The molecule has 0 N–H and O–H groups in total. The lowest BCUT2D eigenvalue weighted by Crippen LogP contribution is -2.02. The molecule has 0 unspecified atom stereocenters. The van der Waals surface area contributed by atoms with E-state index in [-0.39, 0.29) is 5.78 Å². The van der Waals surface area contributed by atoms with Crippen LogP contribution in [0.3, 0.4) is 0 Å². The number of carbonyl (C=O) groups excluding carboxylic acids is 1. The van der Waals surface area contributed by atoms with Crippen LogP contribution in [0, 0.1) is 10.5 Å². The van der Waals surface area contributed by atoms with Crippen LogP contribution in [0.25, 0.3) is 0 Å². The number of benzene rings is 1. The third-order valence-corrected chi connectivity index (χ3v) is 3.10. The molecule has 0 saturated carbocycles. The van der Waals surface area contributed by atoms with E-state index in [1.807, 2.05) is 26.0 Å². The fourth-order valence-electron chi connectivity index (χ4n) is 1.21. The third kappa shape index (κ3) is 2.47. The number of carbonyl (C=O) groups is 1. The van der Waals surface area contributed by atoms with Crippen molar-refractivity contribution in [3.63, 3.8) is 0 Å². The number of hydrogen-bond donors (Lipinski definition) is 0. The third-order valence-electron chi connectivity index (χ3n) is 1.94. The largest absolute Gasteiger partial charge is 0.493 e. The Balaban J connectivity index is 3.24. The van der Waals surface area contributed by atoms with Gasteiger partial charge < -0.3 is 4.74 Å². The van der Waals surface area contributed by atoms with Crippen LogP contribution in [-0.4, -0.2) is 12.4 Å². The SMILES string of the molecule is CCOc1cc(C)c(I)cc1C(C)=O. The Hall–Kier alpha value is -0.580. The minimum atomic E-state index is 0.0476. The average molecular weight is 304 g/mol. The Bertz CT molecular complexity index is 359. The molecule has 1 aromatic rings. The first-order valence-corrected chi connectivity index (χ1v) is 5.58. The van der Waals surface area contributed by atoms with E-state index in [0.29, 0.717) is 17.9 Å². The fourth-order valence-corrected chi connectivity index (χ4v) is 1.67. The predicted molar refractivity (Wildman–Crippen MR) is 65.1 cm³/mol. The summed E-state index contributed by atoms with van der Waals surface area (Å²) in [6.07, 6.45) is 0. The second-order valence-corrected chi connectivity index (χ2v) is 4.25. The van der Waals surface area contributed by atoms with Crippen molar-refractivity contribution in [2.24, 2.45) is 0 Å². The smallest absolute Gasteiger partial charge is 0.163 e. The molecule has 0 bridgehead atoms. The highest BCUT2D eigenvalue weighted by Crippen LogP contribution is 2.25. The molecular formula is C11H13IO2. The summed E-state index contributed by atoms with van der Waals surface area (Å²) in [7, 11) is 0. The fraction of sp³-hybridized carbons (Fsp3) is 0.364. The van der Waals surface area contributed by atoms with Crippen molar-refractivity contribution in [3.05, 3.63) is 26.8 Å². The zero-order valence-corrected chi connectivity index (χ0v) is 10.7. The monoisotopic (exact) mass is 304 g/mol. The Morgan fingerprint density at radius 2 is 2.14 bits per heavy atom. The molecule has 0 aromatic heterocycles. The van der Waals surface area contributed by atoms with Crippen molar-refractivity contribution >= 4 is 28.4 Å². The average Bonchev–Trinajstić information content (AvgIpc) is 2.11. The van der Waals surface area contributed by atoms with Gasteiger partial charge in [-0.25, -0.2) is 0 Å². The van der Waals surface area contributed by atoms with Crippen LogP contribution >= 0.6 is 22.6 Å². The van der Waals surface area contributed by atoms with Crippen LogP contribution < -0.4 is 4.74 Å². The molecule has 0 fully saturated rings. The Kier molecular flexibility index (Phi) is 3.92. The van der Waals surface area contributed by atoms with Crippen molar-refractivity contribution < 1.29 is 9.53 Å². The number of ketones is 1. The van der Waals surface area contributed by atoms with Gasteiger partial charge in [0.25, 0.3) is 0 Å². The molecule has 76 valence electrons. The van der Waals surface area contributed by atoms with Crippen LogP contribution in [0.4, 0.5) is 0 Å². The molecule has 1 rings (SSSR count). The quantitative estimate of drug-likeness (QED) is 0.633. The molecule has 2 nitrogen and oxygen atoms in total. The van der Waals surface area contributed by atoms with Gasteiger partial charge in [-0.15, -0.1) is 0 Å². The molecule has 0 radical (unpaired) electrons. The Morgan fingerprint density at radius 1 is 1.50 bits per heavy atom. The summed E-state index contributed by atoms with van der Waals surface area (Å²) in [5.41, 5.74) is 1.81. The van der Waals surface area contributed by atoms with E-state index < -0.39 is 0 Å². The van der Waals surface area contributed by atoms with Crippen LogP contribution in [-0.2, 0) is 0 Å². The molecule has 3 heteroatoms. The number of ether oxygens (including phenoxy) is 1. The van der Waals surface area contributed by atoms with E-state index in [2.05, 4.69) is 22.6 Å². The van der Waals surface area contributed by atoms with Gasteiger partial charge in [0.2, 0.25) is 0 Å². The van der Waals surface area contributed by atoms with Crippen LogP contribution in [0.15, 0.2) is 12.1 Å². The topological polar surface area (TPSA) is 26.3 Å². The molecule has 0 saturated heterocycles. The Morgan fingerprint density at radius 3 is 2.64 bits per heavy atom. The highest BCUT2D eigenvalue weighted by molar-refractivity contribution is 14.1. The predicted octanol–water partition coefficient (Wildman–Crippen LogP) is 3.20. The van der Waals surface area contributed by atoms with Crippen molar-refractivity contribution in [1.29, 1.82) is 0 Å². The van der Waals surface area contributed by atoms with Gasteiger partial charge in [0, 0.05) is 3.57 Å². The molecule has 0 spiro atoms. The number of halogens is 1. The molecule has 0 aliphatic rings. The highest BCUT2D eigenvalue weighted by atomic mass is 127. The highest BCUT2D eigenvalue weighted by Gasteiger charge is 2.10. The lowest BCUT2D eigenvalue weighted by atomic mass is 10.1. The lowest BCUT2D eigenvalue weighted by Gasteiger charge is -2.10. The molecule has 0 amide bonds. The van der Waals surface area contributed by atoms with E-state index >= 15 is 0 Å². The maximum atomic E-state index is 11.3. The molecule has 0 aliphatic carbocycles. The van der Waals surface area contributed by atoms with Crippen LogP contribution in [0.5, 0.6) is 5.75 Å². The van der Waals surface area contributed by atoms with Gasteiger partial charge in [-0.2, -0.15) is 0 Å². The molecule has 0 atom stereocenters. The van der Waals surface area contributed by atoms with Crippen LogP contribution in [0.1, 0.15) is 29.8 Å². The summed E-state index contributed by atoms with van der Waals surface area (Å²) >= 11 is 2.22. The molecular weight excluding hydrogens is 291 g/mol. The van der Waals surface area contributed by atoms with Gasteiger partial charge in [-0.05, 0) is 61.1 Å². The maximum absolute atomic E-state index is 11.3. The van der Waals surface area contributed by atoms with Crippen molar-refractivity contribution in [3.8, 4) is 5.75 Å². The molecule has 0 aliphatic heterocycles. The van der Waals surface area contributed by atoms with Crippen LogP contribution in [0.2, 0.25) is 0 Å². The minimum Gasteiger partial charge on any atom is -0.493 e. The second kappa shape index (κ2) is 4.77. The first-order chi connectivity index (χ1) is 6.56. The standard InChI is InChI=1S/C11H13IO2/c1-4-14-11-5-7(2)10(12)6-9(11)8(3)13/h5-6H,4H2,1-3H3. The van der Waals surface area contributed by atoms with E-state index in [4.69, 9.17) is 4.74 Å². The zero-order valence-electron chi connectivity index (χ0n) is 8.56. The van der Waals surface area contributed by atoms with E-state index in [1.165, 1.54) is 0 Å². The molecule has 1 aromatic carbocycles. The van der Waals surface area contributed by atoms with E-state index in [0.717, 1.165) is 9.13 Å². The van der Waals surface area contributed by atoms with Gasteiger partial charge >= 0.3 is 0 Å². The summed E-state index contributed by atoms with van der Waals surface area (Å²) in [6.45, 7) is 6.06. The first-order valence-electron chi connectivity index (χ1n) is 4.50. The maximum Gasteiger partial charge on any atom is 0.163 e. The Labute approximate surface area is 97.8 Å². The number of aryl methyl sites for hydroxylation is 1. The van der Waals surface area contributed by atoms with Gasteiger partial charge in [0.1, 0.15) is 5.75 Å². The van der Waals surface area contributed by atoms with E-state index in [1.54, 1.807) is 6.92 Å². The van der Waals surface area contributed by atoms with Gasteiger partial charge in [-0.1, -0.05) is 0 Å². The minimum absolute atomic E-state index is 0.0476. The zero-order chi connectivity index (χ0) is 10.7. The summed E-state index contributed by atoms with van der Waals surface area (Å²) in [5, 5.41) is 0. The summed E-state index contributed by atoms with van der Waals surface area (Å²) in [4.78, 5) is 11.3. The summed E-state index contributed by atoms with van der Waals surface area (Å²) in [5.74, 6) is 0.740. The summed E-state index contributed by atoms with van der Waals surface area (Å²) < 4.78 is 6.50. The number of Topliss-reactive ketones (excluding diaryl/α,β-unsaturated/α-hetero) is 1. The van der Waals surface area contributed by atoms with Gasteiger partial charge in [0.15, 0.2) is 5.78 Å². The normalized spacial score (nSPS) is 10.0. The van der Waals surface area contributed by atoms with Crippen molar-refractivity contribution in [2.45, 2.75) is 20.8 Å². The number of hydrogen-bond acceptors (Lipinski definition) is 2. The molecule has 0 heterocycles. The van der Waals surface area contributed by atoms with E-state index in [9.17, 15) is 4.79 Å². The summed E-state index contributed by atoms with van der Waals surface area (Å²) in [6, 6.07) is 3.80. The first kappa shape index (κ1) is 11.5. The van der Waals surface area contributed by atoms with Gasteiger partial charge in [0.05, 0.1) is 12.2 Å². The number of rotatable bonds is 3. The molecule has 14 heavy (non-hydrogen) atoms.